The second-order valence-corrected chi connectivity index (χ2v) is 18.7. The molecule has 13 nitrogen and oxygen atoms in total. The minimum Gasteiger partial charge on any atom is -0.497 e. The summed E-state index contributed by atoms with van der Waals surface area (Å²) >= 11 is 0.691. The number of carbonyl (C=O) groups excluding carboxylic acids is 3. The molecule has 0 spiro atoms. The molecule has 3 heterocycles. The number of benzene rings is 2. The fourth-order valence-electron chi connectivity index (χ4n) is 7.14. The topological polar surface area (TPSA) is 169 Å². The highest BCUT2D eigenvalue weighted by Crippen LogP contribution is 2.46. The van der Waals surface area contributed by atoms with E-state index >= 15 is 0 Å². The predicted molar refractivity (Wildman–Crippen MR) is 212 cm³/mol. The second kappa shape index (κ2) is 15.2. The quantitative estimate of drug-likeness (QED) is 0.137. The molecule has 3 amide bonds. The Morgan fingerprint density at radius 2 is 1.79 bits per heavy atom. The van der Waals surface area contributed by atoms with Crippen molar-refractivity contribution < 1.29 is 45.4 Å². The van der Waals surface area contributed by atoms with Gasteiger partial charge >= 0.3 is 6.18 Å². The summed E-state index contributed by atoms with van der Waals surface area (Å²) in [7, 11) is -2.42. The lowest BCUT2D eigenvalue weighted by Gasteiger charge is -2.35. The van der Waals surface area contributed by atoms with Crippen molar-refractivity contribution in [2.75, 3.05) is 19.0 Å². The van der Waals surface area contributed by atoms with Gasteiger partial charge in [0.1, 0.15) is 35.2 Å². The molecule has 5 atom stereocenters. The van der Waals surface area contributed by atoms with Crippen LogP contribution in [0.25, 0.3) is 22.2 Å². The molecule has 3 fully saturated rings. The molecule has 3 N–H and O–H groups in total. The van der Waals surface area contributed by atoms with E-state index in [4.69, 9.17) is 14.5 Å². The third-order valence-corrected chi connectivity index (χ3v) is 13.2. The van der Waals surface area contributed by atoms with Gasteiger partial charge in [-0.15, -0.1) is 17.9 Å². The summed E-state index contributed by atoms with van der Waals surface area (Å²) in [5, 5.41) is 6.30. The second-order valence-electron chi connectivity index (χ2n) is 15.9. The smallest absolute Gasteiger partial charge is 0.434 e. The molecule has 18 heteroatoms. The molecular weight excluding hydrogens is 798 g/mol. The number of hydrogen-bond donors (Lipinski definition) is 3. The number of sulfonamides is 1. The van der Waals surface area contributed by atoms with Crippen molar-refractivity contribution >= 4 is 55.1 Å². The lowest BCUT2D eigenvalue weighted by molar-refractivity contribution is -0.141. The molecule has 0 unspecified atom stereocenters. The Kier molecular flexibility index (Phi) is 10.7. The Morgan fingerprint density at radius 3 is 2.40 bits per heavy atom. The van der Waals surface area contributed by atoms with Crippen LogP contribution in [0.2, 0.25) is 0 Å². The molecule has 2 aromatic carbocycles. The molecule has 2 aliphatic carbocycles. The summed E-state index contributed by atoms with van der Waals surface area (Å²) in [5.74, 6) is -1.87. The number of carbonyl (C=O) groups is 3. The number of likely N-dealkylation sites (tertiary alicyclic amines) is 1. The molecular formula is C40H43F3N6O7S2. The number of amides is 3. The number of ether oxygens (including phenoxy) is 2. The van der Waals surface area contributed by atoms with Gasteiger partial charge in [-0.3, -0.25) is 19.1 Å². The van der Waals surface area contributed by atoms with Gasteiger partial charge in [-0.05, 0) is 36.8 Å². The Bertz CT molecular complexity index is 2370. The summed E-state index contributed by atoms with van der Waals surface area (Å²) in [6.07, 6.45) is -3.17. The minimum atomic E-state index is -4.70. The van der Waals surface area contributed by atoms with Gasteiger partial charge in [0.05, 0.1) is 30.1 Å². The maximum atomic E-state index is 14.7. The number of thiazole rings is 1. The SMILES string of the molecule is C=C[C@@H]1C[C@]1(NC(=O)[C@@H]1C[C@@H](Oc2cc(-c3ccccc3)nc3cc(OC)ccc23)CN1C(=O)[C@@H](Nc1nc(C(F)(F)F)cs1)C(C)(C)C)C(=O)NS(=O)(=O)C1CC1. The van der Waals surface area contributed by atoms with Crippen LogP contribution in [0.1, 0.15) is 52.1 Å². The average molecular weight is 841 g/mol. The lowest BCUT2D eigenvalue weighted by Crippen LogP contribution is -2.58. The van der Waals surface area contributed by atoms with Crippen molar-refractivity contribution in [1.82, 2.24) is 24.9 Å². The number of rotatable bonds is 13. The normalized spacial score (nSPS) is 22.5. The highest BCUT2D eigenvalue weighted by Gasteiger charge is 2.62. The Labute approximate surface area is 337 Å². The number of halogens is 3. The number of aromatic nitrogens is 2. The lowest BCUT2D eigenvalue weighted by atomic mass is 9.85. The Balaban J connectivity index is 1.23. The van der Waals surface area contributed by atoms with E-state index in [0.29, 0.717) is 52.3 Å². The zero-order valence-corrected chi connectivity index (χ0v) is 33.8. The number of pyridine rings is 1. The minimum absolute atomic E-state index is 0.0542. The summed E-state index contributed by atoms with van der Waals surface area (Å²) in [6, 6.07) is 14.1. The molecule has 1 saturated heterocycles. The van der Waals surface area contributed by atoms with Crippen molar-refractivity contribution in [2.45, 2.75) is 81.6 Å². The first-order valence-electron chi connectivity index (χ1n) is 18.6. The fraction of sp³-hybridized carbons (Fsp3) is 0.425. The van der Waals surface area contributed by atoms with Crippen LogP contribution in [0.5, 0.6) is 11.5 Å². The first-order chi connectivity index (χ1) is 27.3. The fourth-order valence-corrected chi connectivity index (χ4v) is 9.25. The summed E-state index contributed by atoms with van der Waals surface area (Å²) in [5.41, 5.74) is -1.69. The number of nitrogens with one attached hydrogen (secondary N) is 3. The van der Waals surface area contributed by atoms with Gasteiger partial charge in [-0.2, -0.15) is 13.2 Å². The third kappa shape index (κ3) is 8.34. The van der Waals surface area contributed by atoms with Gasteiger partial charge in [-0.1, -0.05) is 57.2 Å². The highest BCUT2D eigenvalue weighted by molar-refractivity contribution is 7.91. The monoisotopic (exact) mass is 840 g/mol. The maximum Gasteiger partial charge on any atom is 0.434 e. The van der Waals surface area contributed by atoms with Crippen LogP contribution >= 0.6 is 11.3 Å². The molecule has 4 aromatic rings. The van der Waals surface area contributed by atoms with Gasteiger partial charge in [0.15, 0.2) is 10.8 Å². The van der Waals surface area contributed by atoms with Crippen LogP contribution in [-0.2, 0) is 30.6 Å². The van der Waals surface area contributed by atoms with Crippen molar-refractivity contribution in [3.8, 4) is 22.8 Å². The van der Waals surface area contributed by atoms with E-state index in [1.54, 1.807) is 45.0 Å². The van der Waals surface area contributed by atoms with Gasteiger partial charge < -0.3 is 25.0 Å². The molecule has 2 aromatic heterocycles. The summed E-state index contributed by atoms with van der Waals surface area (Å²) in [4.78, 5) is 52.6. The third-order valence-electron chi connectivity index (χ3n) is 10.6. The van der Waals surface area contributed by atoms with Crippen LogP contribution in [0.3, 0.4) is 0 Å². The van der Waals surface area contributed by atoms with Crippen molar-refractivity contribution in [3.63, 3.8) is 0 Å². The number of anilines is 1. The maximum absolute atomic E-state index is 14.7. The average Bonchev–Trinajstić information content (AvgIpc) is 4.06. The molecule has 58 heavy (non-hydrogen) atoms. The Hall–Kier alpha value is -5.23. The zero-order valence-electron chi connectivity index (χ0n) is 32.1. The van der Waals surface area contributed by atoms with Gasteiger partial charge in [0.2, 0.25) is 21.8 Å². The largest absolute Gasteiger partial charge is 0.497 e. The predicted octanol–water partition coefficient (Wildman–Crippen LogP) is 5.93. The van der Waals surface area contributed by atoms with Crippen LogP contribution in [0.15, 0.2) is 72.6 Å². The van der Waals surface area contributed by atoms with Crippen LogP contribution in [0, 0.1) is 11.3 Å². The zero-order chi connectivity index (χ0) is 41.8. The number of methoxy groups -OCH3 is 1. The molecule has 308 valence electrons. The van der Waals surface area contributed by atoms with Crippen molar-refractivity contribution in [1.29, 1.82) is 0 Å². The molecule has 1 aliphatic heterocycles. The molecule has 0 bridgehead atoms. The molecule has 2 saturated carbocycles. The van der Waals surface area contributed by atoms with E-state index in [-0.39, 0.29) is 24.5 Å². The number of nitrogens with zero attached hydrogens (tertiary/aromatic N) is 3. The van der Waals surface area contributed by atoms with Crippen molar-refractivity contribution in [2.24, 2.45) is 11.3 Å². The van der Waals surface area contributed by atoms with Crippen LogP contribution < -0.4 is 24.8 Å². The molecule has 7 rings (SSSR count). The van der Waals surface area contributed by atoms with Crippen molar-refractivity contribution in [3.05, 3.63) is 78.3 Å². The van der Waals surface area contributed by atoms with E-state index in [1.807, 2.05) is 30.3 Å². The highest BCUT2D eigenvalue weighted by atomic mass is 32.2. The van der Waals surface area contributed by atoms with E-state index in [1.165, 1.54) is 18.1 Å². The van der Waals surface area contributed by atoms with Gasteiger partial charge in [0.25, 0.3) is 5.91 Å². The summed E-state index contributed by atoms with van der Waals surface area (Å²) < 4.78 is 80.2. The first-order valence-corrected chi connectivity index (χ1v) is 21.1. The number of fused-ring (bicyclic) bond motifs is 1. The Morgan fingerprint density at radius 1 is 1.07 bits per heavy atom. The van der Waals surface area contributed by atoms with Crippen LogP contribution in [-0.4, -0.2) is 83.6 Å². The van der Waals surface area contributed by atoms with Gasteiger partial charge in [-0.25, -0.2) is 18.4 Å². The number of hydrogen-bond acceptors (Lipinski definition) is 11. The first kappa shape index (κ1) is 40.9. The summed E-state index contributed by atoms with van der Waals surface area (Å²) in [6.45, 7) is 8.80. The standard InChI is InChI=1S/C40H43F3N6O7S2/c1-6-23-19-39(23,36(52)48-58(53,54)26-13-14-26)47-34(50)30-17-25(20-49(30)35(51)33(38(2,3)4)46-37-45-32(21-57-37)40(41,42)43)56-31-18-28(22-10-8-7-9-11-22)44-29-16-24(55-5)12-15-27(29)31/h6-12,15-16,18,21,23,25-26,30,33H,1,13-14,17,19-20H2,2-5H3,(H,45,46)(H,47,50)(H,48,52)/t23-,25-,30+,33-,39-/m1/s1. The van der Waals surface area contributed by atoms with E-state index in [9.17, 15) is 36.0 Å². The van der Waals surface area contributed by atoms with E-state index < -0.39 is 79.9 Å². The van der Waals surface area contributed by atoms with Crippen LogP contribution in [0.4, 0.5) is 18.3 Å². The van der Waals surface area contributed by atoms with Gasteiger partial charge in [0, 0.05) is 40.8 Å². The molecule has 3 aliphatic rings. The van der Waals surface area contributed by atoms with E-state index in [0.717, 1.165) is 10.9 Å². The van der Waals surface area contributed by atoms with E-state index in [2.05, 4.69) is 26.9 Å². The number of alkyl halides is 3. The molecule has 0 radical (unpaired) electrons.